The second-order valence-electron chi connectivity index (χ2n) is 4.62. The zero-order chi connectivity index (χ0) is 12.1. The maximum Gasteiger partial charge on any atom is 0.149 e. The van der Waals surface area contributed by atoms with Gasteiger partial charge in [0.1, 0.15) is 5.78 Å². The fourth-order valence-corrected chi connectivity index (χ4v) is 1.55. The SMILES string of the molecule is CC(C)C(=O)CN(C)C(C)c1ccccc1. The summed E-state index contributed by atoms with van der Waals surface area (Å²) in [4.78, 5) is 13.7. The van der Waals surface area contributed by atoms with Gasteiger partial charge in [-0.3, -0.25) is 9.69 Å². The number of benzene rings is 1. The Hall–Kier alpha value is -1.15. The van der Waals surface area contributed by atoms with E-state index < -0.39 is 0 Å². The van der Waals surface area contributed by atoms with Gasteiger partial charge in [0.15, 0.2) is 0 Å². The van der Waals surface area contributed by atoms with Crippen LogP contribution < -0.4 is 0 Å². The van der Waals surface area contributed by atoms with Crippen molar-refractivity contribution >= 4 is 5.78 Å². The van der Waals surface area contributed by atoms with Gasteiger partial charge in [-0.2, -0.15) is 0 Å². The smallest absolute Gasteiger partial charge is 0.149 e. The van der Waals surface area contributed by atoms with Gasteiger partial charge in [-0.1, -0.05) is 44.2 Å². The van der Waals surface area contributed by atoms with Crippen LogP contribution in [0.25, 0.3) is 0 Å². The quantitative estimate of drug-likeness (QED) is 0.759. The number of hydrogen-bond acceptors (Lipinski definition) is 2. The molecule has 0 fully saturated rings. The summed E-state index contributed by atoms with van der Waals surface area (Å²) in [5, 5.41) is 0. The Morgan fingerprint density at radius 1 is 1.19 bits per heavy atom. The number of ketones is 1. The highest BCUT2D eigenvalue weighted by Crippen LogP contribution is 2.18. The van der Waals surface area contributed by atoms with E-state index in [-0.39, 0.29) is 12.0 Å². The summed E-state index contributed by atoms with van der Waals surface area (Å²) in [7, 11) is 2.00. The maximum absolute atomic E-state index is 11.6. The van der Waals surface area contributed by atoms with Crippen molar-refractivity contribution in [3.8, 4) is 0 Å². The minimum absolute atomic E-state index is 0.116. The molecule has 0 aliphatic rings. The predicted octanol–water partition coefficient (Wildman–Crippen LogP) is 2.90. The third-order valence-electron chi connectivity index (χ3n) is 2.99. The Bertz CT molecular complexity index is 332. The van der Waals surface area contributed by atoms with Crippen LogP contribution in [0.4, 0.5) is 0 Å². The number of rotatable bonds is 5. The standard InChI is InChI=1S/C14H21NO/c1-11(2)14(16)10-15(4)12(3)13-8-6-5-7-9-13/h5-9,11-12H,10H2,1-4H3. The summed E-state index contributed by atoms with van der Waals surface area (Å²) in [6.07, 6.45) is 0. The van der Waals surface area contributed by atoms with Gasteiger partial charge >= 0.3 is 0 Å². The van der Waals surface area contributed by atoms with Crippen molar-refractivity contribution in [2.45, 2.75) is 26.8 Å². The minimum atomic E-state index is 0.116. The zero-order valence-corrected chi connectivity index (χ0v) is 10.6. The van der Waals surface area contributed by atoms with Gasteiger partial charge in [-0.25, -0.2) is 0 Å². The van der Waals surface area contributed by atoms with Gasteiger partial charge in [0.25, 0.3) is 0 Å². The largest absolute Gasteiger partial charge is 0.298 e. The van der Waals surface area contributed by atoms with E-state index in [1.807, 2.05) is 39.1 Å². The molecule has 0 N–H and O–H groups in total. The molecule has 1 aromatic carbocycles. The van der Waals surface area contributed by atoms with Gasteiger partial charge in [-0.15, -0.1) is 0 Å². The summed E-state index contributed by atoms with van der Waals surface area (Å²) in [5.41, 5.74) is 1.25. The zero-order valence-electron chi connectivity index (χ0n) is 10.6. The molecule has 1 atom stereocenters. The summed E-state index contributed by atoms with van der Waals surface area (Å²) in [5.74, 6) is 0.413. The maximum atomic E-state index is 11.6. The summed E-state index contributed by atoms with van der Waals surface area (Å²) < 4.78 is 0. The van der Waals surface area contributed by atoms with Crippen LogP contribution in [0, 0.1) is 5.92 Å². The number of carbonyl (C=O) groups is 1. The average Bonchev–Trinajstić information content (AvgIpc) is 2.28. The molecule has 1 aromatic rings. The number of likely N-dealkylation sites (N-methyl/N-ethyl adjacent to an activating group) is 1. The topological polar surface area (TPSA) is 20.3 Å². The molecule has 88 valence electrons. The lowest BCUT2D eigenvalue weighted by atomic mass is 10.1. The van der Waals surface area contributed by atoms with Gasteiger partial charge in [0.2, 0.25) is 0 Å². The van der Waals surface area contributed by atoms with E-state index in [0.717, 1.165) is 0 Å². The van der Waals surface area contributed by atoms with Gasteiger partial charge in [-0.05, 0) is 19.5 Å². The Kier molecular flexibility index (Phi) is 4.69. The number of hydrogen-bond donors (Lipinski definition) is 0. The van der Waals surface area contributed by atoms with Crippen LogP contribution in [0.5, 0.6) is 0 Å². The van der Waals surface area contributed by atoms with Crippen molar-refractivity contribution in [3.63, 3.8) is 0 Å². The molecule has 0 aliphatic carbocycles. The first-order valence-electron chi connectivity index (χ1n) is 5.80. The first-order valence-corrected chi connectivity index (χ1v) is 5.80. The van der Waals surface area contributed by atoms with Crippen molar-refractivity contribution in [1.29, 1.82) is 0 Å². The van der Waals surface area contributed by atoms with Crippen LogP contribution in [0.2, 0.25) is 0 Å². The van der Waals surface area contributed by atoms with Crippen LogP contribution in [0.15, 0.2) is 30.3 Å². The Labute approximate surface area is 98.3 Å². The minimum Gasteiger partial charge on any atom is -0.298 e. The van der Waals surface area contributed by atoms with E-state index in [9.17, 15) is 4.79 Å². The Morgan fingerprint density at radius 3 is 2.25 bits per heavy atom. The molecule has 0 bridgehead atoms. The predicted molar refractivity (Wildman–Crippen MR) is 67.3 cm³/mol. The van der Waals surface area contributed by atoms with Gasteiger partial charge in [0.05, 0.1) is 6.54 Å². The summed E-state index contributed by atoms with van der Waals surface area (Å²) in [6.45, 7) is 6.55. The Balaban J connectivity index is 2.61. The lowest BCUT2D eigenvalue weighted by Crippen LogP contribution is -2.30. The molecule has 16 heavy (non-hydrogen) atoms. The highest BCUT2D eigenvalue weighted by molar-refractivity contribution is 5.82. The molecule has 0 saturated carbocycles. The molecule has 1 unspecified atom stereocenters. The van der Waals surface area contributed by atoms with Crippen LogP contribution in [0.1, 0.15) is 32.4 Å². The Morgan fingerprint density at radius 2 is 1.75 bits per heavy atom. The van der Waals surface area contributed by atoms with Gasteiger partial charge in [0, 0.05) is 12.0 Å². The van der Waals surface area contributed by atoms with Gasteiger partial charge < -0.3 is 0 Å². The number of Topliss-reactive ketones (excluding diaryl/α,β-unsaturated/α-hetero) is 1. The van der Waals surface area contributed by atoms with Crippen molar-refractivity contribution in [1.82, 2.24) is 4.90 Å². The highest BCUT2D eigenvalue weighted by atomic mass is 16.1. The molecule has 1 rings (SSSR count). The van der Waals surface area contributed by atoms with Crippen LogP contribution in [-0.2, 0) is 4.79 Å². The monoisotopic (exact) mass is 219 g/mol. The van der Waals surface area contributed by atoms with E-state index in [1.165, 1.54) is 5.56 Å². The molecule has 0 heterocycles. The summed E-state index contributed by atoms with van der Waals surface area (Å²) >= 11 is 0. The van der Waals surface area contributed by atoms with Crippen LogP contribution in [0.3, 0.4) is 0 Å². The number of carbonyl (C=O) groups excluding carboxylic acids is 1. The normalized spacial score (nSPS) is 13.1. The first-order chi connectivity index (χ1) is 7.52. The lowest BCUT2D eigenvalue weighted by Gasteiger charge is -2.25. The van der Waals surface area contributed by atoms with Crippen LogP contribution in [-0.4, -0.2) is 24.3 Å². The molecule has 0 saturated heterocycles. The van der Waals surface area contributed by atoms with E-state index in [1.54, 1.807) is 0 Å². The third kappa shape index (κ3) is 3.46. The van der Waals surface area contributed by atoms with Crippen molar-refractivity contribution in [2.75, 3.05) is 13.6 Å². The molecule has 0 radical (unpaired) electrons. The second kappa shape index (κ2) is 5.80. The van der Waals surface area contributed by atoms with Crippen molar-refractivity contribution < 1.29 is 4.79 Å². The summed E-state index contributed by atoms with van der Waals surface area (Å²) in [6, 6.07) is 10.6. The number of nitrogens with zero attached hydrogens (tertiary/aromatic N) is 1. The van der Waals surface area contributed by atoms with Crippen LogP contribution >= 0.6 is 0 Å². The van der Waals surface area contributed by atoms with E-state index in [4.69, 9.17) is 0 Å². The molecule has 0 spiro atoms. The van der Waals surface area contributed by atoms with Crippen molar-refractivity contribution in [3.05, 3.63) is 35.9 Å². The fraction of sp³-hybridized carbons (Fsp3) is 0.500. The third-order valence-corrected chi connectivity index (χ3v) is 2.99. The highest BCUT2D eigenvalue weighted by Gasteiger charge is 2.16. The van der Waals surface area contributed by atoms with E-state index in [0.29, 0.717) is 12.3 Å². The second-order valence-corrected chi connectivity index (χ2v) is 4.62. The first kappa shape index (κ1) is 12.9. The molecule has 0 aromatic heterocycles. The molecule has 2 heteroatoms. The van der Waals surface area contributed by atoms with E-state index in [2.05, 4.69) is 24.0 Å². The molecule has 2 nitrogen and oxygen atoms in total. The lowest BCUT2D eigenvalue weighted by molar-refractivity contribution is -0.123. The van der Waals surface area contributed by atoms with E-state index >= 15 is 0 Å². The molecular weight excluding hydrogens is 198 g/mol. The van der Waals surface area contributed by atoms with Crippen molar-refractivity contribution in [2.24, 2.45) is 5.92 Å². The molecule has 0 amide bonds. The molecular formula is C14H21NO. The molecule has 0 aliphatic heterocycles. The fourth-order valence-electron chi connectivity index (χ4n) is 1.55. The average molecular weight is 219 g/mol.